The first-order valence-electron chi connectivity index (χ1n) is 7.25. The summed E-state index contributed by atoms with van der Waals surface area (Å²) in [5.74, 6) is 0.432. The van der Waals surface area contributed by atoms with E-state index in [9.17, 15) is 5.11 Å². The molecule has 0 aliphatic heterocycles. The first kappa shape index (κ1) is 14.3. The van der Waals surface area contributed by atoms with Gasteiger partial charge in [-0.25, -0.2) is 0 Å². The zero-order chi connectivity index (χ0) is 12.6. The van der Waals surface area contributed by atoms with E-state index in [4.69, 9.17) is 0 Å². The molecule has 0 saturated heterocycles. The average Bonchev–Trinajstić information content (AvgIpc) is 2.32. The molecule has 1 unspecified atom stereocenters. The molecule has 0 saturated carbocycles. The van der Waals surface area contributed by atoms with Crippen molar-refractivity contribution >= 4 is 0 Å². The highest BCUT2D eigenvalue weighted by Crippen LogP contribution is 2.34. The molecule has 0 aromatic rings. The van der Waals surface area contributed by atoms with E-state index in [1.807, 2.05) is 12.2 Å². The van der Waals surface area contributed by atoms with Gasteiger partial charge in [0.25, 0.3) is 0 Å². The van der Waals surface area contributed by atoms with E-state index >= 15 is 0 Å². The molecule has 98 valence electrons. The van der Waals surface area contributed by atoms with Gasteiger partial charge in [-0.15, -0.1) is 0 Å². The zero-order valence-electron chi connectivity index (χ0n) is 11.5. The summed E-state index contributed by atoms with van der Waals surface area (Å²) >= 11 is 0. The Hall–Kier alpha value is -0.720. The van der Waals surface area contributed by atoms with Crippen LogP contribution in [0.3, 0.4) is 0 Å². The van der Waals surface area contributed by atoms with Gasteiger partial charge in [0.05, 0.1) is 0 Å². The van der Waals surface area contributed by atoms with Crippen LogP contribution in [0.2, 0.25) is 0 Å². The summed E-state index contributed by atoms with van der Waals surface area (Å²) in [6.45, 7) is 4.56. The third kappa shape index (κ3) is 5.95. The molecule has 1 rings (SSSR count). The van der Waals surface area contributed by atoms with Crippen LogP contribution >= 0.6 is 0 Å². The molecule has 0 heterocycles. The fraction of sp³-hybridized carbons (Fsp3) is 0.750. The Labute approximate surface area is 107 Å². The first-order chi connectivity index (χ1) is 8.16. The first-order valence-corrected chi connectivity index (χ1v) is 7.25. The predicted molar refractivity (Wildman–Crippen MR) is 75.2 cm³/mol. The van der Waals surface area contributed by atoms with E-state index in [2.05, 4.69) is 19.9 Å². The van der Waals surface area contributed by atoms with Crippen molar-refractivity contribution in [3.8, 4) is 0 Å². The average molecular weight is 236 g/mol. The smallest absolute Gasteiger partial charge is 0.111 e. The molecule has 0 amide bonds. The van der Waals surface area contributed by atoms with Crippen molar-refractivity contribution < 1.29 is 5.11 Å². The van der Waals surface area contributed by atoms with Crippen LogP contribution in [0.1, 0.15) is 71.6 Å². The summed E-state index contributed by atoms with van der Waals surface area (Å²) in [5, 5.41) is 9.31. The molecular formula is C16H28O. The quantitative estimate of drug-likeness (QED) is 0.549. The zero-order valence-corrected chi connectivity index (χ0v) is 11.5. The largest absolute Gasteiger partial charge is 0.508 e. The molecule has 1 nitrogen and oxygen atoms in total. The van der Waals surface area contributed by atoms with E-state index in [1.165, 1.54) is 51.4 Å². The lowest BCUT2D eigenvalue weighted by atomic mass is 9.79. The van der Waals surface area contributed by atoms with Gasteiger partial charge in [0.2, 0.25) is 0 Å². The number of unbranched alkanes of at least 4 members (excludes halogenated alkanes) is 6. The molecule has 0 aromatic carbocycles. The Morgan fingerprint density at radius 1 is 1.12 bits per heavy atom. The second kappa shape index (κ2) is 7.58. The highest BCUT2D eigenvalue weighted by molar-refractivity contribution is 5.20. The van der Waals surface area contributed by atoms with Gasteiger partial charge in [-0.1, -0.05) is 64.9 Å². The number of hydrogen-bond donors (Lipinski definition) is 1. The number of hydrogen-bond acceptors (Lipinski definition) is 1. The number of aliphatic hydroxyl groups is 1. The van der Waals surface area contributed by atoms with E-state index < -0.39 is 0 Å². The number of aliphatic hydroxyl groups excluding tert-OH is 1. The fourth-order valence-electron chi connectivity index (χ4n) is 2.43. The van der Waals surface area contributed by atoms with Gasteiger partial charge < -0.3 is 5.11 Å². The monoisotopic (exact) mass is 236 g/mol. The van der Waals surface area contributed by atoms with E-state index in [-0.39, 0.29) is 5.41 Å². The van der Waals surface area contributed by atoms with E-state index in [0.717, 1.165) is 6.42 Å². The van der Waals surface area contributed by atoms with Crippen molar-refractivity contribution in [1.82, 2.24) is 0 Å². The highest BCUT2D eigenvalue weighted by Gasteiger charge is 2.21. The van der Waals surface area contributed by atoms with Crippen LogP contribution < -0.4 is 0 Å². The minimum absolute atomic E-state index is 0.287. The van der Waals surface area contributed by atoms with E-state index in [1.54, 1.807) is 0 Å². The number of allylic oxidation sites excluding steroid dienone is 3. The summed E-state index contributed by atoms with van der Waals surface area (Å²) in [7, 11) is 0. The van der Waals surface area contributed by atoms with Crippen LogP contribution in [0, 0.1) is 5.41 Å². The summed E-state index contributed by atoms with van der Waals surface area (Å²) in [6, 6.07) is 0. The summed E-state index contributed by atoms with van der Waals surface area (Å²) in [4.78, 5) is 0. The summed E-state index contributed by atoms with van der Waals surface area (Å²) in [6.07, 6.45) is 17.8. The lowest BCUT2D eigenvalue weighted by Crippen LogP contribution is -2.14. The molecule has 0 bridgehead atoms. The second-order valence-corrected chi connectivity index (χ2v) is 5.69. The Bertz CT molecular complexity index is 265. The third-order valence-corrected chi connectivity index (χ3v) is 3.79. The van der Waals surface area contributed by atoms with E-state index in [0.29, 0.717) is 5.76 Å². The maximum atomic E-state index is 9.31. The summed E-state index contributed by atoms with van der Waals surface area (Å²) < 4.78 is 0. The van der Waals surface area contributed by atoms with Crippen LogP contribution in [-0.4, -0.2) is 5.11 Å². The molecule has 0 fully saturated rings. The van der Waals surface area contributed by atoms with Crippen molar-refractivity contribution in [3.05, 3.63) is 24.0 Å². The van der Waals surface area contributed by atoms with Gasteiger partial charge in [-0.05, 0) is 30.4 Å². The molecule has 1 aliphatic carbocycles. The van der Waals surface area contributed by atoms with Gasteiger partial charge in [-0.2, -0.15) is 0 Å². The van der Waals surface area contributed by atoms with Crippen LogP contribution in [0.25, 0.3) is 0 Å². The molecule has 17 heavy (non-hydrogen) atoms. The van der Waals surface area contributed by atoms with Gasteiger partial charge in [0.1, 0.15) is 5.76 Å². The number of rotatable bonds is 8. The van der Waals surface area contributed by atoms with Crippen LogP contribution in [0.15, 0.2) is 24.0 Å². The SMILES string of the molecule is CCCCCCCCCC1(C)C=CC(O)=CC1. The predicted octanol–water partition coefficient (Wildman–Crippen LogP) is 5.54. The van der Waals surface area contributed by atoms with Crippen molar-refractivity contribution in [3.63, 3.8) is 0 Å². The van der Waals surface area contributed by atoms with Crippen molar-refractivity contribution in [2.45, 2.75) is 71.6 Å². The molecule has 1 aliphatic rings. The highest BCUT2D eigenvalue weighted by atomic mass is 16.3. The molecular weight excluding hydrogens is 208 g/mol. The summed E-state index contributed by atoms with van der Waals surface area (Å²) in [5.41, 5.74) is 0.287. The minimum Gasteiger partial charge on any atom is -0.508 e. The normalized spacial score (nSPS) is 23.8. The van der Waals surface area contributed by atoms with Gasteiger partial charge in [0, 0.05) is 0 Å². The standard InChI is InChI=1S/C16H28O/c1-3-4-5-6-7-8-9-12-16(2)13-10-15(17)11-14-16/h10-11,13,17H,3-9,12,14H2,1-2H3. The lowest BCUT2D eigenvalue weighted by Gasteiger charge is -2.27. The van der Waals surface area contributed by atoms with Crippen LogP contribution in [0.4, 0.5) is 0 Å². The Kier molecular flexibility index (Phi) is 6.39. The molecule has 1 N–H and O–H groups in total. The molecule has 0 spiro atoms. The van der Waals surface area contributed by atoms with Crippen molar-refractivity contribution in [1.29, 1.82) is 0 Å². The Morgan fingerprint density at radius 2 is 1.76 bits per heavy atom. The van der Waals surface area contributed by atoms with Gasteiger partial charge in [-0.3, -0.25) is 0 Å². The Morgan fingerprint density at radius 3 is 2.35 bits per heavy atom. The molecule has 0 aromatic heterocycles. The maximum Gasteiger partial charge on any atom is 0.111 e. The third-order valence-electron chi connectivity index (χ3n) is 3.79. The maximum absolute atomic E-state index is 9.31. The topological polar surface area (TPSA) is 20.2 Å². The molecule has 1 heteroatoms. The lowest BCUT2D eigenvalue weighted by molar-refractivity contribution is 0.349. The van der Waals surface area contributed by atoms with Crippen LogP contribution in [-0.2, 0) is 0 Å². The van der Waals surface area contributed by atoms with Crippen LogP contribution in [0.5, 0.6) is 0 Å². The van der Waals surface area contributed by atoms with Crippen molar-refractivity contribution in [2.24, 2.45) is 5.41 Å². The van der Waals surface area contributed by atoms with Gasteiger partial charge >= 0.3 is 0 Å². The minimum atomic E-state index is 0.287. The fourth-order valence-corrected chi connectivity index (χ4v) is 2.43. The molecule has 0 radical (unpaired) electrons. The van der Waals surface area contributed by atoms with Crippen molar-refractivity contribution in [2.75, 3.05) is 0 Å². The molecule has 1 atom stereocenters. The second-order valence-electron chi connectivity index (χ2n) is 5.69. The Balaban J connectivity index is 2.05. The van der Waals surface area contributed by atoms with Gasteiger partial charge in [0.15, 0.2) is 0 Å².